The molecular formula is C15H16N4O3. The Hall–Kier alpha value is -2.88. The minimum Gasteiger partial charge on any atom is -0.354 e. The standard InChI is InChI=1S/C15H16N4O3/c1-11-14(21)18(10-13(20)17-9-5-8-16)15(22)19(11)12-6-3-2-4-7-12/h2-4,6-7,11H,5,9-10H2,1H3,(H,17,20). The SMILES string of the molecule is CC1C(=O)N(CC(=O)NCCC#N)C(=O)N1c1ccccc1. The summed E-state index contributed by atoms with van der Waals surface area (Å²) in [5, 5.41) is 10.9. The van der Waals surface area contributed by atoms with Crippen LogP contribution in [-0.4, -0.2) is 41.9 Å². The number of benzene rings is 1. The van der Waals surface area contributed by atoms with Crippen molar-refractivity contribution in [1.82, 2.24) is 10.2 Å². The third kappa shape index (κ3) is 3.06. The molecule has 0 spiro atoms. The fourth-order valence-electron chi connectivity index (χ4n) is 2.25. The van der Waals surface area contributed by atoms with E-state index in [-0.39, 0.29) is 19.5 Å². The first-order valence-electron chi connectivity index (χ1n) is 6.89. The van der Waals surface area contributed by atoms with Gasteiger partial charge in [-0.05, 0) is 19.1 Å². The van der Waals surface area contributed by atoms with E-state index in [4.69, 9.17) is 5.26 Å². The zero-order valence-corrected chi connectivity index (χ0v) is 12.2. The van der Waals surface area contributed by atoms with Crippen LogP contribution < -0.4 is 10.2 Å². The van der Waals surface area contributed by atoms with Crippen molar-refractivity contribution >= 4 is 23.5 Å². The van der Waals surface area contributed by atoms with Crippen LogP contribution in [0.5, 0.6) is 0 Å². The molecule has 0 saturated carbocycles. The highest BCUT2D eigenvalue weighted by molar-refractivity contribution is 6.15. The maximum absolute atomic E-state index is 12.4. The van der Waals surface area contributed by atoms with E-state index in [9.17, 15) is 14.4 Å². The Labute approximate surface area is 128 Å². The fraction of sp³-hybridized carbons (Fsp3) is 0.333. The third-order valence-electron chi connectivity index (χ3n) is 3.34. The summed E-state index contributed by atoms with van der Waals surface area (Å²) in [6.07, 6.45) is 0.181. The Kier molecular flexibility index (Phi) is 4.73. The van der Waals surface area contributed by atoms with Crippen LogP contribution in [0.2, 0.25) is 0 Å². The van der Waals surface area contributed by atoms with E-state index in [1.165, 1.54) is 4.90 Å². The van der Waals surface area contributed by atoms with Gasteiger partial charge in [0, 0.05) is 12.2 Å². The van der Waals surface area contributed by atoms with Crippen molar-refractivity contribution < 1.29 is 14.4 Å². The largest absolute Gasteiger partial charge is 0.354 e. The number of nitrogens with zero attached hydrogens (tertiary/aromatic N) is 3. The van der Waals surface area contributed by atoms with Gasteiger partial charge in [0.15, 0.2) is 0 Å². The monoisotopic (exact) mass is 300 g/mol. The number of carbonyl (C=O) groups excluding carboxylic acids is 3. The van der Waals surface area contributed by atoms with Gasteiger partial charge in [-0.2, -0.15) is 5.26 Å². The van der Waals surface area contributed by atoms with Gasteiger partial charge in [0.1, 0.15) is 12.6 Å². The van der Waals surface area contributed by atoms with Crippen molar-refractivity contribution in [3.05, 3.63) is 30.3 Å². The number of nitriles is 1. The molecule has 0 radical (unpaired) electrons. The Bertz CT molecular complexity index is 623. The second kappa shape index (κ2) is 6.72. The molecule has 1 saturated heterocycles. The molecule has 1 unspecified atom stereocenters. The van der Waals surface area contributed by atoms with Crippen LogP contribution in [-0.2, 0) is 9.59 Å². The second-order valence-corrected chi connectivity index (χ2v) is 4.85. The van der Waals surface area contributed by atoms with Gasteiger partial charge in [-0.15, -0.1) is 0 Å². The predicted octanol–water partition coefficient (Wildman–Crippen LogP) is 0.874. The van der Waals surface area contributed by atoms with Gasteiger partial charge in [-0.25, -0.2) is 4.79 Å². The molecule has 114 valence electrons. The van der Waals surface area contributed by atoms with Gasteiger partial charge in [-0.3, -0.25) is 19.4 Å². The van der Waals surface area contributed by atoms with Gasteiger partial charge >= 0.3 is 6.03 Å². The number of rotatable bonds is 5. The molecule has 7 heteroatoms. The van der Waals surface area contributed by atoms with Crippen LogP contribution in [0.4, 0.5) is 10.5 Å². The van der Waals surface area contributed by atoms with Crippen LogP contribution in [0.15, 0.2) is 30.3 Å². The summed E-state index contributed by atoms with van der Waals surface area (Å²) in [5.41, 5.74) is 0.612. The number of hydrogen-bond acceptors (Lipinski definition) is 4. The average Bonchev–Trinajstić information content (AvgIpc) is 2.72. The smallest absolute Gasteiger partial charge is 0.332 e. The molecule has 1 fully saturated rings. The van der Waals surface area contributed by atoms with Crippen molar-refractivity contribution in [3.63, 3.8) is 0 Å². The average molecular weight is 300 g/mol. The maximum Gasteiger partial charge on any atom is 0.332 e. The van der Waals surface area contributed by atoms with Gasteiger partial charge < -0.3 is 5.32 Å². The molecule has 1 aromatic carbocycles. The van der Waals surface area contributed by atoms with E-state index < -0.39 is 23.9 Å². The first-order valence-corrected chi connectivity index (χ1v) is 6.89. The van der Waals surface area contributed by atoms with Crippen molar-refractivity contribution in [3.8, 4) is 6.07 Å². The number of nitrogens with one attached hydrogen (secondary N) is 1. The van der Waals surface area contributed by atoms with Crippen molar-refractivity contribution in [1.29, 1.82) is 5.26 Å². The molecule has 0 aliphatic carbocycles. The minimum absolute atomic E-state index is 0.181. The Morgan fingerprint density at radius 3 is 2.64 bits per heavy atom. The van der Waals surface area contributed by atoms with Crippen LogP contribution in [0.3, 0.4) is 0 Å². The quantitative estimate of drug-likeness (QED) is 0.645. The highest BCUT2D eigenvalue weighted by Crippen LogP contribution is 2.25. The topological polar surface area (TPSA) is 93.5 Å². The molecule has 1 N–H and O–H groups in total. The van der Waals surface area contributed by atoms with E-state index in [1.807, 2.05) is 12.1 Å². The molecule has 1 aliphatic heterocycles. The molecule has 4 amide bonds. The predicted molar refractivity (Wildman–Crippen MR) is 78.7 cm³/mol. The molecular weight excluding hydrogens is 284 g/mol. The summed E-state index contributed by atoms with van der Waals surface area (Å²) < 4.78 is 0. The number of urea groups is 1. The van der Waals surface area contributed by atoms with E-state index >= 15 is 0 Å². The van der Waals surface area contributed by atoms with E-state index in [0.717, 1.165) is 4.90 Å². The first-order chi connectivity index (χ1) is 10.6. The van der Waals surface area contributed by atoms with Crippen molar-refractivity contribution in [2.45, 2.75) is 19.4 Å². The van der Waals surface area contributed by atoms with Gasteiger partial charge in [0.25, 0.3) is 5.91 Å². The van der Waals surface area contributed by atoms with E-state index in [1.54, 1.807) is 31.2 Å². The molecule has 1 aliphatic rings. The van der Waals surface area contributed by atoms with Crippen LogP contribution >= 0.6 is 0 Å². The molecule has 1 atom stereocenters. The lowest BCUT2D eigenvalue weighted by Crippen LogP contribution is -2.41. The third-order valence-corrected chi connectivity index (χ3v) is 3.34. The molecule has 1 aromatic rings. The lowest BCUT2D eigenvalue weighted by molar-refractivity contribution is -0.131. The summed E-state index contributed by atoms with van der Waals surface area (Å²) in [7, 11) is 0. The summed E-state index contributed by atoms with van der Waals surface area (Å²) >= 11 is 0. The Morgan fingerprint density at radius 2 is 2.00 bits per heavy atom. The normalized spacial score (nSPS) is 17.5. The Balaban J connectivity index is 2.08. The Morgan fingerprint density at radius 1 is 1.32 bits per heavy atom. The molecule has 1 heterocycles. The highest BCUT2D eigenvalue weighted by atomic mass is 16.2. The van der Waals surface area contributed by atoms with Gasteiger partial charge in [0.05, 0.1) is 12.5 Å². The molecule has 7 nitrogen and oxygen atoms in total. The van der Waals surface area contributed by atoms with Crippen LogP contribution in [0.25, 0.3) is 0 Å². The number of para-hydroxylation sites is 1. The summed E-state index contributed by atoms with van der Waals surface area (Å²) in [6.45, 7) is 1.49. The van der Waals surface area contributed by atoms with Crippen LogP contribution in [0.1, 0.15) is 13.3 Å². The van der Waals surface area contributed by atoms with Gasteiger partial charge in [0.2, 0.25) is 5.91 Å². The van der Waals surface area contributed by atoms with E-state index in [2.05, 4.69) is 5.32 Å². The first kappa shape index (κ1) is 15.5. The maximum atomic E-state index is 12.4. The minimum atomic E-state index is -0.651. The van der Waals surface area contributed by atoms with Crippen molar-refractivity contribution in [2.75, 3.05) is 18.0 Å². The second-order valence-electron chi connectivity index (χ2n) is 4.85. The number of amides is 4. The number of carbonyl (C=O) groups is 3. The zero-order valence-electron chi connectivity index (χ0n) is 12.2. The fourth-order valence-corrected chi connectivity index (χ4v) is 2.25. The van der Waals surface area contributed by atoms with Crippen molar-refractivity contribution in [2.24, 2.45) is 0 Å². The lowest BCUT2D eigenvalue weighted by atomic mass is 10.2. The summed E-state index contributed by atoms with van der Waals surface area (Å²) in [5.74, 6) is -0.872. The summed E-state index contributed by atoms with van der Waals surface area (Å²) in [6, 6.07) is 9.57. The molecule has 0 aromatic heterocycles. The highest BCUT2D eigenvalue weighted by Gasteiger charge is 2.43. The van der Waals surface area contributed by atoms with Crippen LogP contribution in [0, 0.1) is 11.3 Å². The molecule has 22 heavy (non-hydrogen) atoms. The molecule has 0 bridgehead atoms. The lowest BCUT2D eigenvalue weighted by Gasteiger charge is -2.19. The molecule has 2 rings (SSSR count). The van der Waals surface area contributed by atoms with Gasteiger partial charge in [-0.1, -0.05) is 18.2 Å². The zero-order chi connectivity index (χ0) is 16.1. The number of hydrogen-bond donors (Lipinski definition) is 1. The van der Waals surface area contributed by atoms with E-state index in [0.29, 0.717) is 5.69 Å². The number of imide groups is 1. The summed E-state index contributed by atoms with van der Waals surface area (Å²) in [4.78, 5) is 38.6. The number of anilines is 1.